The van der Waals surface area contributed by atoms with Gasteiger partial charge in [-0.15, -0.1) is 6.58 Å². The van der Waals surface area contributed by atoms with Crippen LogP contribution in [0.15, 0.2) is 24.8 Å². The highest BCUT2D eigenvalue weighted by Gasteiger charge is 2.01. The van der Waals surface area contributed by atoms with E-state index >= 15 is 0 Å². The van der Waals surface area contributed by atoms with Gasteiger partial charge in [-0.1, -0.05) is 116 Å². The molecule has 0 aromatic rings. The van der Waals surface area contributed by atoms with Gasteiger partial charge in [-0.2, -0.15) is 0 Å². The van der Waals surface area contributed by atoms with Crippen molar-refractivity contribution in [2.45, 2.75) is 123 Å². The summed E-state index contributed by atoms with van der Waals surface area (Å²) in [7, 11) is 0. The summed E-state index contributed by atoms with van der Waals surface area (Å²) in [5.41, 5.74) is 0.492. The maximum atomic E-state index is 11.2. The Bertz CT molecular complexity index is 429. The van der Waals surface area contributed by atoms with Crippen LogP contribution < -0.4 is 0 Å². The molecule has 0 saturated heterocycles. The molecule has 0 aliphatic heterocycles. The van der Waals surface area contributed by atoms with Crippen LogP contribution in [0.25, 0.3) is 0 Å². The lowest BCUT2D eigenvalue weighted by atomic mass is 10.0. The van der Waals surface area contributed by atoms with E-state index in [2.05, 4.69) is 20.1 Å². The van der Waals surface area contributed by atoms with Crippen molar-refractivity contribution in [3.63, 3.8) is 0 Å². The Hall–Kier alpha value is -1.58. The minimum atomic E-state index is -0.829. The smallest absolute Gasteiger partial charge is 0.333 e. The zero-order chi connectivity index (χ0) is 22.9. The fraction of sp³-hybridized carbons (Fsp3) is 0.769. The molecule has 0 aromatic heterocycles. The van der Waals surface area contributed by atoms with E-state index in [1.165, 1.54) is 102 Å². The Morgan fingerprint density at radius 3 is 1.40 bits per heavy atom. The van der Waals surface area contributed by atoms with Crippen LogP contribution in [0.3, 0.4) is 0 Å². The van der Waals surface area contributed by atoms with E-state index < -0.39 is 5.97 Å². The van der Waals surface area contributed by atoms with E-state index in [0.29, 0.717) is 12.2 Å². The molecule has 1 N–H and O–H groups in total. The van der Waals surface area contributed by atoms with Gasteiger partial charge in [0.25, 0.3) is 0 Å². The average molecular weight is 425 g/mol. The second-order valence-electron chi connectivity index (χ2n) is 8.11. The maximum Gasteiger partial charge on any atom is 0.333 e. The predicted molar refractivity (Wildman–Crippen MR) is 128 cm³/mol. The number of hydrogen-bond donors (Lipinski definition) is 1. The van der Waals surface area contributed by atoms with Gasteiger partial charge < -0.3 is 9.84 Å². The Morgan fingerprint density at radius 2 is 1.13 bits per heavy atom. The molecule has 30 heavy (non-hydrogen) atoms. The Kier molecular flexibility index (Phi) is 26.0. The Balaban J connectivity index is 0. The zero-order valence-corrected chi connectivity index (χ0v) is 19.9. The van der Waals surface area contributed by atoms with Gasteiger partial charge in [0.1, 0.15) is 0 Å². The van der Waals surface area contributed by atoms with Gasteiger partial charge in [-0.3, -0.25) is 4.79 Å². The topological polar surface area (TPSA) is 63.6 Å². The normalized spacial score (nSPS) is 10.1. The van der Waals surface area contributed by atoms with Gasteiger partial charge in [-0.05, 0) is 13.3 Å². The Labute approximate surface area is 186 Å². The van der Waals surface area contributed by atoms with E-state index in [1.807, 2.05) is 0 Å². The first kappa shape index (κ1) is 30.6. The number of hydrogen-bond acceptors (Lipinski definition) is 3. The molecule has 0 radical (unpaired) electrons. The molecule has 0 bridgehead atoms. The first-order chi connectivity index (χ1) is 14.5. The number of carboxylic acids is 1. The molecule has 0 amide bonds. The van der Waals surface area contributed by atoms with Crippen molar-refractivity contribution in [3.05, 3.63) is 24.8 Å². The summed E-state index contributed by atoms with van der Waals surface area (Å²) >= 11 is 0. The van der Waals surface area contributed by atoms with Crippen LogP contribution >= 0.6 is 0 Å². The molecule has 4 heteroatoms. The van der Waals surface area contributed by atoms with Crippen molar-refractivity contribution >= 4 is 11.9 Å². The first-order valence-electron chi connectivity index (χ1n) is 12.1. The molecule has 0 aliphatic rings. The monoisotopic (exact) mass is 424 g/mol. The van der Waals surface area contributed by atoms with Crippen LogP contribution in [-0.2, 0) is 14.3 Å². The van der Waals surface area contributed by atoms with Gasteiger partial charge in [0, 0.05) is 5.57 Å². The maximum absolute atomic E-state index is 11.2. The van der Waals surface area contributed by atoms with Crippen LogP contribution in [0.5, 0.6) is 0 Å². The molecular formula is C26H48O4. The number of ether oxygens (including phenoxy) is 1. The van der Waals surface area contributed by atoms with Gasteiger partial charge in [0.2, 0.25) is 0 Å². The van der Waals surface area contributed by atoms with Gasteiger partial charge in [0.15, 0.2) is 0 Å². The lowest BCUT2D eigenvalue weighted by Gasteiger charge is -2.05. The molecule has 0 heterocycles. The molecule has 0 aliphatic carbocycles. The van der Waals surface area contributed by atoms with Crippen molar-refractivity contribution in [3.8, 4) is 0 Å². The van der Waals surface area contributed by atoms with Gasteiger partial charge in [-0.25, -0.2) is 4.79 Å². The highest BCUT2D eigenvalue weighted by atomic mass is 16.5. The summed E-state index contributed by atoms with van der Waals surface area (Å²) in [4.78, 5) is 20.7. The number of rotatable bonds is 20. The summed E-state index contributed by atoms with van der Waals surface area (Å²) < 4.78 is 5.08. The van der Waals surface area contributed by atoms with Gasteiger partial charge >= 0.3 is 11.9 Å². The van der Waals surface area contributed by atoms with Crippen LogP contribution in [0.4, 0.5) is 0 Å². The lowest BCUT2D eigenvalue weighted by Crippen LogP contribution is -2.05. The van der Waals surface area contributed by atoms with Crippen molar-refractivity contribution < 1.29 is 19.4 Å². The minimum Gasteiger partial charge on any atom is -0.481 e. The number of carbonyl (C=O) groups excluding carboxylic acids is 1. The molecule has 0 aromatic carbocycles. The summed E-state index contributed by atoms with van der Waals surface area (Å²) in [6.07, 6.45) is 23.1. The predicted octanol–water partition coefficient (Wildman–Crippen LogP) is 8.01. The standard InChI is InChI=1S/C22H42O2.C4H6O2/c1-4-5-6-7-8-9-10-11-12-13-14-15-16-17-18-19-20-24-22(23)21(2)3;1-2-3-4(5)6/h2,4-20H2,1,3H3;2H,1,3H2,(H,5,6). The van der Waals surface area contributed by atoms with E-state index in [1.54, 1.807) is 6.92 Å². The summed E-state index contributed by atoms with van der Waals surface area (Å²) in [5, 5.41) is 7.84. The van der Waals surface area contributed by atoms with E-state index in [-0.39, 0.29) is 12.4 Å². The van der Waals surface area contributed by atoms with E-state index in [0.717, 1.165) is 6.42 Å². The molecule has 0 spiro atoms. The lowest BCUT2D eigenvalue weighted by molar-refractivity contribution is -0.139. The quantitative estimate of drug-likeness (QED) is 0.0930. The second kappa shape index (κ2) is 25.5. The van der Waals surface area contributed by atoms with Gasteiger partial charge in [0.05, 0.1) is 13.0 Å². The fourth-order valence-electron chi connectivity index (χ4n) is 3.06. The molecule has 176 valence electrons. The average Bonchev–Trinajstić information content (AvgIpc) is 2.70. The fourth-order valence-corrected chi connectivity index (χ4v) is 3.06. The minimum absolute atomic E-state index is 0.0556. The molecule has 0 fully saturated rings. The van der Waals surface area contributed by atoms with E-state index in [4.69, 9.17) is 9.84 Å². The van der Waals surface area contributed by atoms with Crippen molar-refractivity contribution in [2.24, 2.45) is 0 Å². The molecule has 0 saturated carbocycles. The number of aliphatic carboxylic acids is 1. The third-order valence-electron chi connectivity index (χ3n) is 4.90. The van der Waals surface area contributed by atoms with Crippen LogP contribution in [0.1, 0.15) is 123 Å². The number of carboxylic acid groups (broad SMARTS) is 1. The first-order valence-corrected chi connectivity index (χ1v) is 12.1. The van der Waals surface area contributed by atoms with Crippen molar-refractivity contribution in [1.82, 2.24) is 0 Å². The molecule has 0 atom stereocenters. The van der Waals surface area contributed by atoms with E-state index in [9.17, 15) is 9.59 Å². The van der Waals surface area contributed by atoms with Crippen LogP contribution in [-0.4, -0.2) is 23.7 Å². The molecule has 0 rings (SSSR count). The Morgan fingerprint density at radius 1 is 0.767 bits per heavy atom. The van der Waals surface area contributed by atoms with Crippen molar-refractivity contribution in [1.29, 1.82) is 0 Å². The largest absolute Gasteiger partial charge is 0.481 e. The molecule has 4 nitrogen and oxygen atoms in total. The summed E-state index contributed by atoms with van der Waals surface area (Å²) in [5.74, 6) is -1.08. The highest BCUT2D eigenvalue weighted by molar-refractivity contribution is 5.86. The third-order valence-corrected chi connectivity index (χ3v) is 4.90. The number of unbranched alkanes of at least 4 members (excludes halogenated alkanes) is 15. The molecule has 0 unspecified atom stereocenters. The third kappa shape index (κ3) is 28.6. The van der Waals surface area contributed by atoms with Crippen molar-refractivity contribution in [2.75, 3.05) is 6.61 Å². The SMILES string of the molecule is C=C(C)C(=O)OCCCCCCCCCCCCCCCCCC.C=CCC(=O)O. The second-order valence-corrected chi connectivity index (χ2v) is 8.11. The highest BCUT2D eigenvalue weighted by Crippen LogP contribution is 2.13. The van der Waals surface area contributed by atoms with Crippen LogP contribution in [0, 0.1) is 0 Å². The number of esters is 1. The number of carbonyl (C=O) groups is 2. The summed E-state index contributed by atoms with van der Waals surface area (Å²) in [6.45, 7) is 11.3. The summed E-state index contributed by atoms with van der Waals surface area (Å²) in [6, 6.07) is 0. The molecular weight excluding hydrogens is 376 g/mol. The zero-order valence-electron chi connectivity index (χ0n) is 19.9. The van der Waals surface area contributed by atoms with Crippen LogP contribution in [0.2, 0.25) is 0 Å².